The first-order valence-electron chi connectivity index (χ1n) is 6.71. The molecule has 0 aromatic rings. The SMILES string of the molecule is CCCC(C)CC(NCC)C(C)(C)CC. The van der Waals surface area contributed by atoms with Crippen LogP contribution < -0.4 is 5.32 Å². The van der Waals surface area contributed by atoms with Crippen LogP contribution in [-0.2, 0) is 0 Å². The van der Waals surface area contributed by atoms with E-state index in [9.17, 15) is 0 Å². The molecule has 0 heterocycles. The Hall–Kier alpha value is -0.0400. The zero-order valence-corrected chi connectivity index (χ0v) is 11.7. The van der Waals surface area contributed by atoms with Crippen LogP contribution in [0, 0.1) is 11.3 Å². The summed E-state index contributed by atoms with van der Waals surface area (Å²) in [5.74, 6) is 0.852. The maximum Gasteiger partial charge on any atom is 0.0120 e. The molecule has 0 aromatic heterocycles. The molecule has 0 saturated heterocycles. The minimum Gasteiger partial charge on any atom is -0.314 e. The van der Waals surface area contributed by atoms with Gasteiger partial charge in [-0.3, -0.25) is 0 Å². The fourth-order valence-electron chi connectivity index (χ4n) is 2.18. The molecule has 0 aromatic carbocycles. The van der Waals surface area contributed by atoms with Crippen molar-refractivity contribution in [3.8, 4) is 0 Å². The van der Waals surface area contributed by atoms with Gasteiger partial charge in [0.25, 0.3) is 0 Å². The highest BCUT2D eigenvalue weighted by molar-refractivity contribution is 4.84. The summed E-state index contributed by atoms with van der Waals surface area (Å²) < 4.78 is 0. The number of hydrogen-bond donors (Lipinski definition) is 1. The van der Waals surface area contributed by atoms with Crippen LogP contribution in [0.15, 0.2) is 0 Å². The van der Waals surface area contributed by atoms with Crippen LogP contribution in [0.5, 0.6) is 0 Å². The van der Waals surface area contributed by atoms with Crippen molar-refractivity contribution in [1.82, 2.24) is 5.32 Å². The Bertz CT molecular complexity index is 151. The molecule has 92 valence electrons. The Morgan fingerprint density at radius 1 is 1.13 bits per heavy atom. The van der Waals surface area contributed by atoms with Gasteiger partial charge in [-0.25, -0.2) is 0 Å². The largest absolute Gasteiger partial charge is 0.314 e. The van der Waals surface area contributed by atoms with Gasteiger partial charge in [-0.2, -0.15) is 0 Å². The molecule has 0 aliphatic rings. The summed E-state index contributed by atoms with van der Waals surface area (Å²) in [6.07, 6.45) is 5.25. The number of hydrogen-bond acceptors (Lipinski definition) is 1. The third kappa shape index (κ3) is 5.55. The molecule has 1 heteroatoms. The maximum atomic E-state index is 3.66. The van der Waals surface area contributed by atoms with Gasteiger partial charge in [-0.05, 0) is 30.7 Å². The molecule has 1 N–H and O–H groups in total. The molecule has 0 radical (unpaired) electrons. The van der Waals surface area contributed by atoms with Crippen molar-refractivity contribution < 1.29 is 0 Å². The average molecular weight is 213 g/mol. The summed E-state index contributed by atoms with van der Waals surface area (Å²) in [5, 5.41) is 3.66. The summed E-state index contributed by atoms with van der Waals surface area (Å²) in [6.45, 7) is 15.0. The van der Waals surface area contributed by atoms with E-state index in [1.54, 1.807) is 0 Å². The standard InChI is InChI=1S/C14H31N/c1-7-10-12(4)11-13(15-9-3)14(5,6)8-2/h12-13,15H,7-11H2,1-6H3. The summed E-state index contributed by atoms with van der Waals surface area (Å²) in [7, 11) is 0. The second-order valence-corrected chi connectivity index (χ2v) is 5.58. The highest BCUT2D eigenvalue weighted by atomic mass is 14.9. The van der Waals surface area contributed by atoms with E-state index < -0.39 is 0 Å². The molecule has 2 unspecified atom stereocenters. The van der Waals surface area contributed by atoms with Crippen LogP contribution >= 0.6 is 0 Å². The molecule has 0 bridgehead atoms. The van der Waals surface area contributed by atoms with Gasteiger partial charge in [0, 0.05) is 6.04 Å². The van der Waals surface area contributed by atoms with Crippen molar-refractivity contribution in [2.45, 2.75) is 73.3 Å². The summed E-state index contributed by atoms with van der Waals surface area (Å²) in [6, 6.07) is 0.675. The minimum absolute atomic E-state index is 0.429. The van der Waals surface area contributed by atoms with Crippen LogP contribution in [-0.4, -0.2) is 12.6 Å². The van der Waals surface area contributed by atoms with E-state index in [4.69, 9.17) is 0 Å². The minimum atomic E-state index is 0.429. The van der Waals surface area contributed by atoms with E-state index in [2.05, 4.69) is 46.9 Å². The highest BCUT2D eigenvalue weighted by Crippen LogP contribution is 2.30. The monoisotopic (exact) mass is 213 g/mol. The zero-order valence-electron chi connectivity index (χ0n) is 11.7. The van der Waals surface area contributed by atoms with Crippen LogP contribution in [0.2, 0.25) is 0 Å². The molecule has 0 spiro atoms. The molecule has 0 fully saturated rings. The number of rotatable bonds is 8. The molecule has 0 aliphatic carbocycles. The molecule has 1 nitrogen and oxygen atoms in total. The molecular weight excluding hydrogens is 182 g/mol. The van der Waals surface area contributed by atoms with Crippen molar-refractivity contribution in [2.24, 2.45) is 11.3 Å². The Labute approximate surface area is 97.0 Å². The third-order valence-electron chi connectivity index (χ3n) is 3.72. The fraction of sp³-hybridized carbons (Fsp3) is 1.00. The van der Waals surface area contributed by atoms with Crippen molar-refractivity contribution in [1.29, 1.82) is 0 Å². The van der Waals surface area contributed by atoms with Gasteiger partial charge in [0.05, 0.1) is 0 Å². The highest BCUT2D eigenvalue weighted by Gasteiger charge is 2.27. The van der Waals surface area contributed by atoms with Crippen molar-refractivity contribution in [2.75, 3.05) is 6.54 Å². The Morgan fingerprint density at radius 2 is 1.73 bits per heavy atom. The van der Waals surface area contributed by atoms with Gasteiger partial charge < -0.3 is 5.32 Å². The van der Waals surface area contributed by atoms with Crippen LogP contribution in [0.3, 0.4) is 0 Å². The van der Waals surface area contributed by atoms with Gasteiger partial charge >= 0.3 is 0 Å². The predicted molar refractivity (Wildman–Crippen MR) is 70.2 cm³/mol. The van der Waals surface area contributed by atoms with E-state index in [0.29, 0.717) is 11.5 Å². The van der Waals surface area contributed by atoms with Gasteiger partial charge in [0.15, 0.2) is 0 Å². The quantitative estimate of drug-likeness (QED) is 0.636. The molecule has 15 heavy (non-hydrogen) atoms. The van der Waals surface area contributed by atoms with E-state index in [1.807, 2.05) is 0 Å². The number of nitrogens with one attached hydrogen (secondary N) is 1. The lowest BCUT2D eigenvalue weighted by Crippen LogP contribution is -2.42. The Kier molecular flexibility index (Phi) is 7.25. The average Bonchev–Trinajstić information content (AvgIpc) is 2.17. The Balaban J connectivity index is 4.26. The normalized spacial score (nSPS) is 16.4. The van der Waals surface area contributed by atoms with Crippen LogP contribution in [0.4, 0.5) is 0 Å². The van der Waals surface area contributed by atoms with Gasteiger partial charge in [0.2, 0.25) is 0 Å². The Morgan fingerprint density at radius 3 is 2.13 bits per heavy atom. The lowest BCUT2D eigenvalue weighted by Gasteiger charge is -2.36. The second-order valence-electron chi connectivity index (χ2n) is 5.58. The summed E-state index contributed by atoms with van der Waals surface area (Å²) in [5.41, 5.74) is 0.429. The molecule has 0 amide bonds. The van der Waals surface area contributed by atoms with E-state index >= 15 is 0 Å². The molecule has 0 aliphatic heterocycles. The van der Waals surface area contributed by atoms with Gasteiger partial charge in [-0.15, -0.1) is 0 Å². The summed E-state index contributed by atoms with van der Waals surface area (Å²) >= 11 is 0. The smallest absolute Gasteiger partial charge is 0.0120 e. The summed E-state index contributed by atoms with van der Waals surface area (Å²) in [4.78, 5) is 0. The van der Waals surface area contributed by atoms with Crippen molar-refractivity contribution in [3.05, 3.63) is 0 Å². The van der Waals surface area contributed by atoms with Crippen molar-refractivity contribution in [3.63, 3.8) is 0 Å². The van der Waals surface area contributed by atoms with E-state index in [-0.39, 0.29) is 0 Å². The fourth-order valence-corrected chi connectivity index (χ4v) is 2.18. The van der Waals surface area contributed by atoms with Crippen LogP contribution in [0.25, 0.3) is 0 Å². The molecule has 0 saturated carbocycles. The molecule has 2 atom stereocenters. The first kappa shape index (κ1) is 15.0. The van der Waals surface area contributed by atoms with Gasteiger partial charge in [-0.1, -0.05) is 54.4 Å². The first-order valence-corrected chi connectivity index (χ1v) is 6.71. The zero-order chi connectivity index (χ0) is 11.9. The maximum absolute atomic E-state index is 3.66. The second kappa shape index (κ2) is 7.27. The van der Waals surface area contributed by atoms with Gasteiger partial charge in [0.1, 0.15) is 0 Å². The van der Waals surface area contributed by atoms with E-state index in [1.165, 1.54) is 25.7 Å². The van der Waals surface area contributed by atoms with Crippen LogP contribution in [0.1, 0.15) is 67.2 Å². The molecular formula is C14H31N. The lowest BCUT2D eigenvalue weighted by atomic mass is 9.77. The lowest BCUT2D eigenvalue weighted by molar-refractivity contribution is 0.199. The molecule has 0 rings (SSSR count). The third-order valence-corrected chi connectivity index (χ3v) is 3.72. The van der Waals surface area contributed by atoms with Crippen molar-refractivity contribution >= 4 is 0 Å². The topological polar surface area (TPSA) is 12.0 Å². The first-order chi connectivity index (χ1) is 6.97. The predicted octanol–water partition coefficient (Wildman–Crippen LogP) is 4.23. The van der Waals surface area contributed by atoms with E-state index in [0.717, 1.165) is 12.5 Å².